The Hall–Kier alpha value is -2.11. The Bertz CT molecular complexity index is 1190. The maximum absolute atomic E-state index is 12.9. The lowest BCUT2D eigenvalue weighted by atomic mass is 10.0. The first-order valence-electron chi connectivity index (χ1n) is 33.3. The van der Waals surface area contributed by atoms with E-state index < -0.39 is 6.10 Å². The molecule has 0 saturated heterocycles. The molecule has 1 atom stereocenters. The number of esters is 3. The van der Waals surface area contributed by atoms with Gasteiger partial charge >= 0.3 is 17.9 Å². The Morgan fingerprint density at radius 1 is 0.270 bits per heavy atom. The largest absolute Gasteiger partial charge is 0.462 e. The van der Waals surface area contributed by atoms with E-state index in [1.54, 1.807) is 0 Å². The molecule has 0 aliphatic rings. The molecule has 0 bridgehead atoms. The molecule has 0 radical (unpaired) electrons. The molecule has 1 unspecified atom stereocenters. The van der Waals surface area contributed by atoms with Gasteiger partial charge in [0.15, 0.2) is 6.10 Å². The van der Waals surface area contributed by atoms with Gasteiger partial charge in [0, 0.05) is 19.3 Å². The molecule has 0 aliphatic carbocycles. The molecule has 0 rings (SSSR count). The van der Waals surface area contributed by atoms with Gasteiger partial charge in [0.25, 0.3) is 0 Å². The SMILES string of the molecule is CCCCCC/C=C\C/C=C\CCCCCCCC(=O)OC(COC(=O)CCCCCCCCCCCCCCCCC)COC(=O)CCCCCCCCCCCCCCCCCCCCCCCCCCC. The van der Waals surface area contributed by atoms with Crippen LogP contribution in [0.15, 0.2) is 24.3 Å². The van der Waals surface area contributed by atoms with Crippen molar-refractivity contribution in [1.82, 2.24) is 0 Å². The van der Waals surface area contributed by atoms with E-state index >= 15 is 0 Å². The molecular weight excluding hydrogens is 913 g/mol. The van der Waals surface area contributed by atoms with Crippen molar-refractivity contribution in [2.45, 2.75) is 380 Å². The first kappa shape index (κ1) is 71.9. The molecule has 6 nitrogen and oxygen atoms in total. The smallest absolute Gasteiger partial charge is 0.306 e. The second-order valence-electron chi connectivity index (χ2n) is 22.7. The van der Waals surface area contributed by atoms with Gasteiger partial charge < -0.3 is 14.2 Å². The minimum Gasteiger partial charge on any atom is -0.462 e. The third-order valence-electron chi connectivity index (χ3n) is 15.2. The topological polar surface area (TPSA) is 78.9 Å². The number of ether oxygens (including phenoxy) is 3. The maximum atomic E-state index is 12.9. The zero-order chi connectivity index (χ0) is 53.6. The summed E-state index contributed by atoms with van der Waals surface area (Å²) in [5, 5.41) is 0. The Balaban J connectivity index is 4.24. The predicted octanol–water partition coefficient (Wildman–Crippen LogP) is 22.6. The molecule has 0 fully saturated rings. The highest BCUT2D eigenvalue weighted by Crippen LogP contribution is 2.18. The van der Waals surface area contributed by atoms with Crippen LogP contribution in [0.25, 0.3) is 0 Å². The van der Waals surface area contributed by atoms with Crippen LogP contribution >= 0.6 is 0 Å². The van der Waals surface area contributed by atoms with Crippen LogP contribution in [0, 0.1) is 0 Å². The van der Waals surface area contributed by atoms with Crippen LogP contribution in [-0.2, 0) is 28.6 Å². The zero-order valence-electron chi connectivity index (χ0n) is 50.1. The number of hydrogen-bond acceptors (Lipinski definition) is 6. The second kappa shape index (κ2) is 63.4. The van der Waals surface area contributed by atoms with E-state index in [-0.39, 0.29) is 31.1 Å². The third kappa shape index (κ3) is 60.8. The first-order valence-corrected chi connectivity index (χ1v) is 33.3. The van der Waals surface area contributed by atoms with Crippen LogP contribution in [0.3, 0.4) is 0 Å². The van der Waals surface area contributed by atoms with Crippen molar-refractivity contribution in [3.63, 3.8) is 0 Å². The van der Waals surface area contributed by atoms with Crippen molar-refractivity contribution >= 4 is 17.9 Å². The van der Waals surface area contributed by atoms with Crippen LogP contribution in [0.4, 0.5) is 0 Å². The maximum Gasteiger partial charge on any atom is 0.306 e. The summed E-state index contributed by atoms with van der Waals surface area (Å²) in [6.45, 7) is 6.69. The van der Waals surface area contributed by atoms with E-state index in [0.717, 1.165) is 77.0 Å². The van der Waals surface area contributed by atoms with Gasteiger partial charge in [-0.1, -0.05) is 328 Å². The van der Waals surface area contributed by atoms with E-state index in [0.29, 0.717) is 19.3 Å². The van der Waals surface area contributed by atoms with Gasteiger partial charge in [-0.3, -0.25) is 14.4 Å². The molecule has 0 N–H and O–H groups in total. The summed E-state index contributed by atoms with van der Waals surface area (Å²) in [5.74, 6) is -0.856. The van der Waals surface area contributed by atoms with Gasteiger partial charge in [0.1, 0.15) is 13.2 Å². The van der Waals surface area contributed by atoms with E-state index in [1.807, 2.05) is 0 Å². The summed E-state index contributed by atoms with van der Waals surface area (Å²) >= 11 is 0. The van der Waals surface area contributed by atoms with Gasteiger partial charge in [-0.15, -0.1) is 0 Å². The monoisotopic (exact) mass is 1040 g/mol. The van der Waals surface area contributed by atoms with Gasteiger partial charge in [-0.25, -0.2) is 0 Å². The number of carbonyl (C=O) groups is 3. The number of rotatable bonds is 62. The second-order valence-corrected chi connectivity index (χ2v) is 22.7. The van der Waals surface area contributed by atoms with Crippen LogP contribution in [0.1, 0.15) is 374 Å². The van der Waals surface area contributed by atoms with E-state index in [4.69, 9.17) is 14.2 Å². The van der Waals surface area contributed by atoms with Crippen molar-refractivity contribution < 1.29 is 28.6 Å². The molecule has 0 aromatic rings. The van der Waals surface area contributed by atoms with Crippen LogP contribution < -0.4 is 0 Å². The average molecular weight is 1040 g/mol. The minimum absolute atomic E-state index is 0.0709. The van der Waals surface area contributed by atoms with Crippen molar-refractivity contribution in [1.29, 1.82) is 0 Å². The standard InChI is InChI=1S/C68H128O6/c1-4-7-10-13-16-19-22-25-28-30-31-32-33-34-35-36-37-38-41-43-46-49-52-55-58-61-67(70)73-64-65(63-72-66(69)60-57-54-51-48-45-42-39-27-24-21-18-15-12-9-6-3)74-68(71)62-59-56-53-50-47-44-40-29-26-23-20-17-14-11-8-5-2/h20,23,29,40,65H,4-19,21-22,24-28,30-39,41-64H2,1-3H3/b23-20-,40-29-. The Morgan fingerprint density at radius 2 is 0.486 bits per heavy atom. The zero-order valence-corrected chi connectivity index (χ0v) is 50.1. The lowest BCUT2D eigenvalue weighted by Crippen LogP contribution is -2.30. The molecule has 0 aliphatic heterocycles. The van der Waals surface area contributed by atoms with Crippen LogP contribution in [0.2, 0.25) is 0 Å². The normalized spacial score (nSPS) is 12.1. The highest BCUT2D eigenvalue weighted by atomic mass is 16.6. The van der Waals surface area contributed by atoms with Crippen molar-refractivity contribution in [2.24, 2.45) is 0 Å². The molecule has 74 heavy (non-hydrogen) atoms. The molecule has 0 aromatic heterocycles. The number of hydrogen-bond donors (Lipinski definition) is 0. The molecule has 0 heterocycles. The predicted molar refractivity (Wildman–Crippen MR) is 321 cm³/mol. The summed E-state index contributed by atoms with van der Waals surface area (Å²) in [6.07, 6.45) is 76.2. The molecule has 0 aromatic carbocycles. The van der Waals surface area contributed by atoms with Crippen molar-refractivity contribution in [2.75, 3.05) is 13.2 Å². The molecule has 436 valence electrons. The third-order valence-corrected chi connectivity index (χ3v) is 15.2. The lowest BCUT2D eigenvalue weighted by molar-refractivity contribution is -0.167. The van der Waals surface area contributed by atoms with Gasteiger partial charge in [0.2, 0.25) is 0 Å². The highest BCUT2D eigenvalue weighted by Gasteiger charge is 2.19. The average Bonchev–Trinajstić information content (AvgIpc) is 3.40. The summed E-state index contributed by atoms with van der Waals surface area (Å²) in [4.78, 5) is 38.3. The van der Waals surface area contributed by atoms with Crippen molar-refractivity contribution in [3.8, 4) is 0 Å². The summed E-state index contributed by atoms with van der Waals surface area (Å²) < 4.78 is 16.9. The van der Waals surface area contributed by atoms with Crippen molar-refractivity contribution in [3.05, 3.63) is 24.3 Å². The summed E-state index contributed by atoms with van der Waals surface area (Å²) in [7, 11) is 0. The summed E-state index contributed by atoms with van der Waals surface area (Å²) in [6, 6.07) is 0. The first-order chi connectivity index (χ1) is 36.5. The summed E-state index contributed by atoms with van der Waals surface area (Å²) in [5.41, 5.74) is 0. The molecular formula is C68H128O6. The molecule has 0 spiro atoms. The molecule has 0 amide bonds. The van der Waals surface area contributed by atoms with Crippen LogP contribution in [-0.4, -0.2) is 37.2 Å². The number of carbonyl (C=O) groups excluding carboxylic acids is 3. The van der Waals surface area contributed by atoms with E-state index in [9.17, 15) is 14.4 Å². The van der Waals surface area contributed by atoms with Gasteiger partial charge in [-0.2, -0.15) is 0 Å². The van der Waals surface area contributed by atoms with E-state index in [2.05, 4.69) is 45.1 Å². The fourth-order valence-electron chi connectivity index (χ4n) is 10.2. The van der Waals surface area contributed by atoms with Crippen LogP contribution in [0.5, 0.6) is 0 Å². The van der Waals surface area contributed by atoms with Gasteiger partial charge in [-0.05, 0) is 51.4 Å². The Morgan fingerprint density at radius 3 is 0.757 bits per heavy atom. The minimum atomic E-state index is -0.775. The quantitative estimate of drug-likeness (QED) is 0.0261. The fraction of sp³-hybridized carbons (Fsp3) is 0.897. The van der Waals surface area contributed by atoms with Gasteiger partial charge in [0.05, 0.1) is 0 Å². The Labute approximate surface area is 462 Å². The lowest BCUT2D eigenvalue weighted by Gasteiger charge is -2.18. The van der Waals surface area contributed by atoms with E-state index in [1.165, 1.54) is 257 Å². The molecule has 6 heteroatoms. The Kier molecular flexibility index (Phi) is 61.6. The number of unbranched alkanes of at least 4 members (excludes halogenated alkanes) is 47. The fourth-order valence-corrected chi connectivity index (χ4v) is 10.2. The highest BCUT2D eigenvalue weighted by molar-refractivity contribution is 5.71. The molecule has 0 saturated carbocycles. The number of allylic oxidation sites excluding steroid dienone is 4.